The number of halogens is 2. The Morgan fingerprint density at radius 3 is 2.37 bits per heavy atom. The van der Waals surface area contributed by atoms with Gasteiger partial charge in [-0.15, -0.1) is 11.3 Å². The largest absolute Gasteiger partial charge is 0.478 e. The number of carboxylic acids is 1. The minimum absolute atomic E-state index is 0.252. The van der Waals surface area contributed by atoms with Crippen LogP contribution in [0, 0.1) is 0 Å². The van der Waals surface area contributed by atoms with E-state index >= 15 is 0 Å². The normalized spacial score (nSPS) is 10.8. The summed E-state index contributed by atoms with van der Waals surface area (Å²) >= 11 is 8.60. The maximum absolute atomic E-state index is 11.0. The molecule has 0 saturated carbocycles. The number of aromatic nitrogens is 2. The Kier molecular flexibility index (Phi) is 6.29. The molecule has 0 saturated heterocycles. The van der Waals surface area contributed by atoms with Crippen molar-refractivity contribution >= 4 is 60.7 Å². The zero-order valence-electron chi connectivity index (χ0n) is 14.7. The van der Waals surface area contributed by atoms with Crippen LogP contribution in [0.3, 0.4) is 0 Å². The van der Waals surface area contributed by atoms with E-state index in [0.29, 0.717) is 5.82 Å². The summed E-state index contributed by atoms with van der Waals surface area (Å²) in [6.07, 6.45) is 1.61. The summed E-state index contributed by atoms with van der Waals surface area (Å²) in [5.41, 5.74) is 3.11. The Morgan fingerprint density at radius 1 is 1.15 bits per heavy atom. The highest BCUT2D eigenvalue weighted by molar-refractivity contribution is 9.13. The highest BCUT2D eigenvalue weighted by Gasteiger charge is 2.16. The zero-order valence-corrected chi connectivity index (χ0v) is 18.7. The van der Waals surface area contributed by atoms with Crippen LogP contribution in [0.25, 0.3) is 10.7 Å². The number of aryl methyl sites for hydroxylation is 1. The second-order valence-electron chi connectivity index (χ2n) is 5.77. The molecular formula is C19H17Br2N3O2S. The Morgan fingerprint density at radius 2 is 1.85 bits per heavy atom. The lowest BCUT2D eigenvalue weighted by Gasteiger charge is -2.15. The van der Waals surface area contributed by atoms with Crippen LogP contribution in [0.4, 0.5) is 11.5 Å². The van der Waals surface area contributed by atoms with Gasteiger partial charge in [-0.25, -0.2) is 14.8 Å². The van der Waals surface area contributed by atoms with Gasteiger partial charge >= 0.3 is 5.97 Å². The van der Waals surface area contributed by atoms with Crippen molar-refractivity contribution in [2.45, 2.75) is 26.7 Å². The average molecular weight is 511 g/mol. The summed E-state index contributed by atoms with van der Waals surface area (Å²) in [4.78, 5) is 21.5. The van der Waals surface area contributed by atoms with Crippen molar-refractivity contribution in [3.8, 4) is 10.7 Å². The molecule has 0 aliphatic heterocycles. The van der Waals surface area contributed by atoms with Gasteiger partial charge in [0, 0.05) is 21.4 Å². The second kappa shape index (κ2) is 8.50. The van der Waals surface area contributed by atoms with Crippen molar-refractivity contribution in [1.82, 2.24) is 9.97 Å². The van der Waals surface area contributed by atoms with E-state index in [2.05, 4.69) is 51.0 Å². The number of benzene rings is 1. The number of carboxylic acid groups (broad SMARTS) is 1. The standard InChI is InChI=1S/C19H17Br2N3O2S/c1-3-12-14(4-2)23-18(15-9-13(20)16(21)27-15)24-17(12)22-11-7-5-10(6-8-11)19(25)26/h5-9H,3-4H2,1-2H3,(H,25,26)(H,22,23,24). The Hall–Kier alpha value is -1.77. The molecule has 0 spiro atoms. The van der Waals surface area contributed by atoms with Gasteiger partial charge in [-0.1, -0.05) is 13.8 Å². The molecule has 2 aromatic heterocycles. The van der Waals surface area contributed by atoms with Gasteiger partial charge in [-0.05, 0) is 75.0 Å². The first-order chi connectivity index (χ1) is 12.9. The predicted molar refractivity (Wildman–Crippen MR) is 116 cm³/mol. The van der Waals surface area contributed by atoms with Crippen LogP contribution >= 0.6 is 43.2 Å². The van der Waals surface area contributed by atoms with Crippen LogP contribution in [0.15, 0.2) is 38.6 Å². The molecule has 0 amide bonds. The van der Waals surface area contributed by atoms with Gasteiger partial charge < -0.3 is 10.4 Å². The molecular weight excluding hydrogens is 494 g/mol. The zero-order chi connectivity index (χ0) is 19.6. The molecule has 2 heterocycles. The minimum Gasteiger partial charge on any atom is -0.478 e. The van der Waals surface area contributed by atoms with E-state index in [4.69, 9.17) is 15.1 Å². The smallest absolute Gasteiger partial charge is 0.335 e. The van der Waals surface area contributed by atoms with Crippen molar-refractivity contribution in [1.29, 1.82) is 0 Å². The Balaban J connectivity index is 2.04. The maximum atomic E-state index is 11.0. The first-order valence-electron chi connectivity index (χ1n) is 8.38. The lowest BCUT2D eigenvalue weighted by molar-refractivity contribution is 0.0697. The molecule has 0 bridgehead atoms. The highest BCUT2D eigenvalue weighted by Crippen LogP contribution is 2.38. The second-order valence-corrected chi connectivity index (χ2v) is 8.99. The van der Waals surface area contributed by atoms with E-state index in [1.807, 2.05) is 6.07 Å². The van der Waals surface area contributed by atoms with E-state index in [1.165, 1.54) is 0 Å². The quantitative estimate of drug-likeness (QED) is 0.407. The van der Waals surface area contributed by atoms with Gasteiger partial charge in [0.05, 0.1) is 14.2 Å². The molecule has 5 nitrogen and oxygen atoms in total. The maximum Gasteiger partial charge on any atom is 0.335 e. The van der Waals surface area contributed by atoms with Crippen LogP contribution in [0.1, 0.15) is 35.5 Å². The molecule has 0 fully saturated rings. The molecule has 0 unspecified atom stereocenters. The lowest BCUT2D eigenvalue weighted by atomic mass is 10.1. The Bertz CT molecular complexity index is 968. The van der Waals surface area contributed by atoms with E-state index in [9.17, 15) is 4.79 Å². The first kappa shape index (κ1) is 20.0. The molecule has 3 rings (SSSR count). The SMILES string of the molecule is CCc1nc(-c2cc(Br)c(Br)s2)nc(Nc2ccc(C(=O)O)cc2)c1CC. The molecule has 3 aromatic rings. The molecule has 0 atom stereocenters. The number of carbonyl (C=O) groups is 1. The third-order valence-electron chi connectivity index (χ3n) is 4.04. The fraction of sp³-hybridized carbons (Fsp3) is 0.211. The predicted octanol–water partition coefficient (Wildman–Crippen LogP) is 6.30. The average Bonchev–Trinajstić information content (AvgIpc) is 3.00. The van der Waals surface area contributed by atoms with Gasteiger partial charge in [0.2, 0.25) is 0 Å². The van der Waals surface area contributed by atoms with Crippen molar-refractivity contribution in [2.75, 3.05) is 5.32 Å². The molecule has 0 aliphatic rings. The summed E-state index contributed by atoms with van der Waals surface area (Å²) in [7, 11) is 0. The molecule has 0 aliphatic carbocycles. The van der Waals surface area contributed by atoms with Gasteiger partial charge in [0.1, 0.15) is 5.82 Å². The molecule has 8 heteroatoms. The minimum atomic E-state index is -0.942. The number of aromatic carboxylic acids is 1. The third kappa shape index (κ3) is 4.39. The molecule has 140 valence electrons. The van der Waals surface area contributed by atoms with Crippen LogP contribution in [0.2, 0.25) is 0 Å². The molecule has 27 heavy (non-hydrogen) atoms. The van der Waals surface area contributed by atoms with Crippen LogP contribution in [-0.4, -0.2) is 21.0 Å². The number of thiophene rings is 1. The monoisotopic (exact) mass is 509 g/mol. The van der Waals surface area contributed by atoms with Gasteiger partial charge in [-0.3, -0.25) is 0 Å². The van der Waals surface area contributed by atoms with Crippen molar-refractivity contribution in [3.63, 3.8) is 0 Å². The summed E-state index contributed by atoms with van der Waals surface area (Å²) in [6, 6.07) is 8.64. The fourth-order valence-corrected chi connectivity index (χ4v) is 4.67. The van der Waals surface area contributed by atoms with E-state index in [-0.39, 0.29) is 5.56 Å². The van der Waals surface area contributed by atoms with Gasteiger partial charge in [-0.2, -0.15) is 0 Å². The number of nitrogens with zero attached hydrogens (tertiary/aromatic N) is 2. The number of nitrogens with one attached hydrogen (secondary N) is 1. The molecule has 2 N–H and O–H groups in total. The summed E-state index contributed by atoms with van der Waals surface area (Å²) < 4.78 is 1.97. The van der Waals surface area contributed by atoms with Crippen LogP contribution in [0.5, 0.6) is 0 Å². The number of rotatable bonds is 6. The highest BCUT2D eigenvalue weighted by atomic mass is 79.9. The van der Waals surface area contributed by atoms with Crippen molar-refractivity contribution in [2.24, 2.45) is 0 Å². The topological polar surface area (TPSA) is 75.1 Å². The first-order valence-corrected chi connectivity index (χ1v) is 10.8. The lowest BCUT2D eigenvalue weighted by Crippen LogP contribution is -2.07. The molecule has 1 aromatic carbocycles. The third-order valence-corrected chi connectivity index (χ3v) is 7.29. The summed E-state index contributed by atoms with van der Waals surface area (Å²) in [5, 5.41) is 12.4. The van der Waals surface area contributed by atoms with E-state index in [1.54, 1.807) is 35.6 Å². The van der Waals surface area contributed by atoms with Gasteiger partial charge in [0.15, 0.2) is 5.82 Å². The van der Waals surface area contributed by atoms with Crippen LogP contribution < -0.4 is 5.32 Å². The van der Waals surface area contributed by atoms with Crippen molar-refractivity contribution < 1.29 is 9.90 Å². The van der Waals surface area contributed by atoms with E-state index < -0.39 is 5.97 Å². The number of hydrogen-bond acceptors (Lipinski definition) is 5. The Labute approximate surface area is 178 Å². The summed E-state index contributed by atoms with van der Waals surface area (Å²) in [5.74, 6) is 0.482. The fourth-order valence-electron chi connectivity index (χ4n) is 2.70. The van der Waals surface area contributed by atoms with Crippen molar-refractivity contribution in [3.05, 3.63) is 55.4 Å². The van der Waals surface area contributed by atoms with E-state index in [0.717, 1.165) is 48.7 Å². The summed E-state index contributed by atoms with van der Waals surface area (Å²) in [6.45, 7) is 4.16. The van der Waals surface area contributed by atoms with Gasteiger partial charge in [0.25, 0.3) is 0 Å². The molecule has 0 radical (unpaired) electrons. The number of hydrogen-bond donors (Lipinski definition) is 2. The number of anilines is 2. The van der Waals surface area contributed by atoms with Crippen LogP contribution in [-0.2, 0) is 12.8 Å².